The Labute approximate surface area is 169 Å². The topological polar surface area (TPSA) is 51.0 Å². The molecule has 0 radical (unpaired) electrons. The summed E-state index contributed by atoms with van der Waals surface area (Å²) in [5, 5.41) is 12.6. The summed E-state index contributed by atoms with van der Waals surface area (Å²) >= 11 is 6.28. The Morgan fingerprint density at radius 1 is 0.893 bits per heavy atom. The highest BCUT2D eigenvalue weighted by Gasteiger charge is 2.22. The van der Waals surface area contributed by atoms with Crippen LogP contribution in [0.5, 0.6) is 0 Å². The minimum atomic E-state index is -0.266. The summed E-state index contributed by atoms with van der Waals surface area (Å²) < 4.78 is 6.02. The first-order valence-electron chi connectivity index (χ1n) is 9.23. The van der Waals surface area contributed by atoms with Crippen LogP contribution in [0.2, 0.25) is 5.02 Å². The highest BCUT2D eigenvalue weighted by atomic mass is 35.5. The third kappa shape index (κ3) is 3.92. The van der Waals surface area contributed by atoms with Crippen molar-refractivity contribution in [1.29, 1.82) is 0 Å². The van der Waals surface area contributed by atoms with Gasteiger partial charge in [-0.15, -0.1) is 10.2 Å². The number of aromatic nitrogens is 2. The number of anilines is 1. The number of aryl methyl sites for hydroxylation is 1. The molecule has 5 heteroatoms. The number of nitrogens with one attached hydrogen (secondary N) is 1. The lowest BCUT2D eigenvalue weighted by Crippen LogP contribution is -2.12. The number of halogens is 1. The van der Waals surface area contributed by atoms with Crippen molar-refractivity contribution in [2.45, 2.75) is 19.4 Å². The quantitative estimate of drug-likeness (QED) is 0.429. The van der Waals surface area contributed by atoms with Crippen LogP contribution in [0.1, 0.15) is 30.0 Å². The van der Waals surface area contributed by atoms with E-state index < -0.39 is 0 Å². The molecular formula is C23H20ClN3O. The van der Waals surface area contributed by atoms with Crippen molar-refractivity contribution in [3.05, 3.63) is 101 Å². The summed E-state index contributed by atoms with van der Waals surface area (Å²) in [6, 6.07) is 25.6. The van der Waals surface area contributed by atoms with Gasteiger partial charge in [-0.2, -0.15) is 0 Å². The minimum Gasteiger partial charge on any atom is -0.418 e. The van der Waals surface area contributed by atoms with Crippen LogP contribution in [-0.4, -0.2) is 10.2 Å². The predicted molar refractivity (Wildman–Crippen MR) is 112 cm³/mol. The van der Waals surface area contributed by atoms with Crippen LogP contribution in [0, 0.1) is 0 Å². The maximum absolute atomic E-state index is 6.28. The van der Waals surface area contributed by atoms with Crippen LogP contribution in [0.4, 0.5) is 5.69 Å². The lowest BCUT2D eigenvalue weighted by Gasteiger charge is -2.17. The van der Waals surface area contributed by atoms with E-state index in [4.69, 9.17) is 16.0 Å². The lowest BCUT2D eigenvalue weighted by atomic mass is 10.1. The summed E-state index contributed by atoms with van der Waals surface area (Å²) in [6.45, 7) is 2.14. The van der Waals surface area contributed by atoms with Gasteiger partial charge in [-0.05, 0) is 41.8 Å². The zero-order valence-corrected chi connectivity index (χ0v) is 16.2. The Morgan fingerprint density at radius 2 is 1.61 bits per heavy atom. The van der Waals surface area contributed by atoms with Crippen LogP contribution >= 0.6 is 11.6 Å². The number of hydrogen-bond acceptors (Lipinski definition) is 4. The smallest absolute Gasteiger partial charge is 0.249 e. The van der Waals surface area contributed by atoms with Crippen molar-refractivity contribution >= 4 is 17.3 Å². The maximum atomic E-state index is 6.28. The number of nitrogens with zero attached hydrogens (tertiary/aromatic N) is 2. The fraction of sp³-hybridized carbons (Fsp3) is 0.130. The molecule has 0 aliphatic carbocycles. The molecule has 0 aliphatic rings. The first-order valence-corrected chi connectivity index (χ1v) is 9.61. The molecule has 0 fully saturated rings. The van der Waals surface area contributed by atoms with Gasteiger partial charge in [0.2, 0.25) is 11.8 Å². The summed E-state index contributed by atoms with van der Waals surface area (Å²) in [4.78, 5) is 0. The zero-order chi connectivity index (χ0) is 19.3. The number of hydrogen-bond donors (Lipinski definition) is 1. The van der Waals surface area contributed by atoms with Gasteiger partial charge in [0.05, 0.1) is 10.6 Å². The molecule has 1 aromatic heterocycles. The van der Waals surface area contributed by atoms with E-state index in [0.29, 0.717) is 16.8 Å². The van der Waals surface area contributed by atoms with Gasteiger partial charge in [-0.1, -0.05) is 73.1 Å². The van der Waals surface area contributed by atoms with Crippen LogP contribution in [0.25, 0.3) is 11.5 Å². The van der Waals surface area contributed by atoms with Gasteiger partial charge in [0.1, 0.15) is 6.04 Å². The van der Waals surface area contributed by atoms with E-state index in [2.05, 4.69) is 46.7 Å². The molecule has 1 heterocycles. The van der Waals surface area contributed by atoms with Crippen molar-refractivity contribution < 1.29 is 4.42 Å². The number of benzene rings is 3. The van der Waals surface area contributed by atoms with Crippen LogP contribution in [0.3, 0.4) is 0 Å². The molecule has 0 saturated heterocycles. The first kappa shape index (κ1) is 18.3. The Balaban J connectivity index is 1.69. The molecule has 4 nitrogen and oxygen atoms in total. The predicted octanol–water partition coefficient (Wildman–Crippen LogP) is 6.15. The maximum Gasteiger partial charge on any atom is 0.249 e. The second kappa shape index (κ2) is 8.28. The molecule has 0 unspecified atom stereocenters. The monoisotopic (exact) mass is 389 g/mol. The molecule has 140 valence electrons. The van der Waals surface area contributed by atoms with Gasteiger partial charge in [0.25, 0.3) is 0 Å². The minimum absolute atomic E-state index is 0.266. The Hall–Kier alpha value is -3.11. The van der Waals surface area contributed by atoms with Crippen molar-refractivity contribution in [3.8, 4) is 11.5 Å². The SMILES string of the molecule is CCc1ccc(N[C@@H](c2ccccc2)c2nnc(-c3ccccc3Cl)o2)cc1. The molecule has 0 saturated carbocycles. The average molecular weight is 390 g/mol. The molecule has 0 amide bonds. The fourth-order valence-electron chi connectivity index (χ4n) is 3.03. The first-order chi connectivity index (χ1) is 13.7. The van der Waals surface area contributed by atoms with E-state index in [1.54, 1.807) is 0 Å². The second-order valence-electron chi connectivity index (χ2n) is 6.46. The van der Waals surface area contributed by atoms with Crippen LogP contribution in [0.15, 0.2) is 83.3 Å². The molecule has 4 rings (SSSR count). The molecular weight excluding hydrogens is 370 g/mol. The third-order valence-electron chi connectivity index (χ3n) is 4.60. The van der Waals surface area contributed by atoms with Gasteiger partial charge in [-0.3, -0.25) is 0 Å². The van der Waals surface area contributed by atoms with Gasteiger partial charge in [-0.25, -0.2) is 0 Å². The summed E-state index contributed by atoms with van der Waals surface area (Å²) in [6.07, 6.45) is 1.01. The van der Waals surface area contributed by atoms with E-state index in [-0.39, 0.29) is 6.04 Å². The van der Waals surface area contributed by atoms with E-state index in [1.807, 2.05) is 54.6 Å². The zero-order valence-electron chi connectivity index (χ0n) is 15.5. The van der Waals surface area contributed by atoms with Crippen LogP contribution < -0.4 is 5.32 Å². The van der Waals surface area contributed by atoms with E-state index in [0.717, 1.165) is 23.2 Å². The molecule has 28 heavy (non-hydrogen) atoms. The van der Waals surface area contributed by atoms with Crippen molar-refractivity contribution in [3.63, 3.8) is 0 Å². The van der Waals surface area contributed by atoms with Gasteiger partial charge in [0, 0.05) is 5.69 Å². The standard InChI is InChI=1S/C23H20ClN3O/c1-2-16-12-14-18(15-13-16)25-21(17-8-4-3-5-9-17)23-27-26-22(28-23)19-10-6-7-11-20(19)24/h3-15,21,25H,2H2,1H3/t21-/m0/s1. The van der Waals surface area contributed by atoms with Gasteiger partial charge >= 0.3 is 0 Å². The Bertz CT molecular complexity index is 1040. The van der Waals surface area contributed by atoms with Gasteiger partial charge < -0.3 is 9.73 Å². The van der Waals surface area contributed by atoms with E-state index >= 15 is 0 Å². The molecule has 3 aromatic carbocycles. The van der Waals surface area contributed by atoms with Crippen molar-refractivity contribution in [2.24, 2.45) is 0 Å². The van der Waals surface area contributed by atoms with E-state index in [1.165, 1.54) is 5.56 Å². The molecule has 1 atom stereocenters. The Kier molecular flexibility index (Phi) is 5.40. The lowest BCUT2D eigenvalue weighted by molar-refractivity contribution is 0.494. The molecule has 1 N–H and O–H groups in total. The van der Waals surface area contributed by atoms with E-state index in [9.17, 15) is 0 Å². The normalized spacial score (nSPS) is 11.9. The summed E-state index contributed by atoms with van der Waals surface area (Å²) in [5.41, 5.74) is 4.04. The molecule has 0 aliphatic heterocycles. The molecule has 0 spiro atoms. The summed E-state index contributed by atoms with van der Waals surface area (Å²) in [5.74, 6) is 0.894. The molecule has 4 aromatic rings. The third-order valence-corrected chi connectivity index (χ3v) is 4.93. The average Bonchev–Trinajstić information content (AvgIpc) is 3.23. The fourth-order valence-corrected chi connectivity index (χ4v) is 3.25. The molecule has 0 bridgehead atoms. The summed E-state index contributed by atoms with van der Waals surface area (Å²) in [7, 11) is 0. The largest absolute Gasteiger partial charge is 0.418 e. The Morgan fingerprint density at radius 3 is 2.32 bits per heavy atom. The van der Waals surface area contributed by atoms with Crippen LogP contribution in [-0.2, 0) is 6.42 Å². The number of rotatable bonds is 6. The second-order valence-corrected chi connectivity index (χ2v) is 6.87. The van der Waals surface area contributed by atoms with Gasteiger partial charge in [0.15, 0.2) is 0 Å². The highest BCUT2D eigenvalue weighted by Crippen LogP contribution is 2.31. The van der Waals surface area contributed by atoms with Crippen molar-refractivity contribution in [1.82, 2.24) is 10.2 Å². The van der Waals surface area contributed by atoms with Crippen molar-refractivity contribution in [2.75, 3.05) is 5.32 Å². The highest BCUT2D eigenvalue weighted by molar-refractivity contribution is 6.33.